The van der Waals surface area contributed by atoms with Gasteiger partial charge in [-0.25, -0.2) is 0 Å². The van der Waals surface area contributed by atoms with Gasteiger partial charge in [-0.15, -0.1) is 0 Å². The van der Waals surface area contributed by atoms with Crippen LogP contribution >= 0.6 is 0 Å². The van der Waals surface area contributed by atoms with Gasteiger partial charge in [-0.2, -0.15) is 0 Å². The van der Waals surface area contributed by atoms with Gasteiger partial charge in [-0.05, 0) is 110 Å². The summed E-state index contributed by atoms with van der Waals surface area (Å²) in [6, 6.07) is 0. The van der Waals surface area contributed by atoms with E-state index in [9.17, 15) is 5.11 Å². The number of allylic oxidation sites excluding steroid dienone is 1. The summed E-state index contributed by atoms with van der Waals surface area (Å²) in [5.74, 6) is 6.31. The molecule has 0 amide bonds. The van der Waals surface area contributed by atoms with E-state index in [2.05, 4.69) is 47.6 Å². The molecule has 1 N–H and O–H groups in total. The molecule has 3 saturated carbocycles. The van der Waals surface area contributed by atoms with Crippen LogP contribution in [-0.2, 0) is 0 Å². The number of hydrogen-bond donors (Lipinski definition) is 1. The fraction of sp³-hybridized carbons (Fsp3) is 0.931. The molecule has 0 saturated heterocycles. The molecule has 0 spiro atoms. The summed E-state index contributed by atoms with van der Waals surface area (Å²) in [6.07, 6.45) is 17.1. The molecular weight excluding hydrogens is 364 g/mol. The van der Waals surface area contributed by atoms with Gasteiger partial charge in [0.15, 0.2) is 0 Å². The second kappa shape index (κ2) is 8.57. The third-order valence-electron chi connectivity index (χ3n) is 11.3. The molecule has 0 aromatic heterocycles. The van der Waals surface area contributed by atoms with E-state index in [0.717, 1.165) is 54.3 Å². The molecular formula is C29H50O. The lowest BCUT2D eigenvalue weighted by Gasteiger charge is -2.58. The Morgan fingerprint density at radius 2 is 1.77 bits per heavy atom. The van der Waals surface area contributed by atoms with Crippen molar-refractivity contribution in [2.75, 3.05) is 0 Å². The Morgan fingerprint density at radius 3 is 2.47 bits per heavy atom. The Kier molecular flexibility index (Phi) is 6.53. The predicted molar refractivity (Wildman–Crippen MR) is 128 cm³/mol. The van der Waals surface area contributed by atoms with Gasteiger partial charge >= 0.3 is 0 Å². The van der Waals surface area contributed by atoms with E-state index in [0.29, 0.717) is 10.8 Å². The highest BCUT2D eigenvalue weighted by Crippen LogP contribution is 2.67. The zero-order chi connectivity index (χ0) is 21.7. The standard InChI is InChI=1S/C29H50O/c1-7-21(19(2)3)9-8-20(4)25-12-13-26-24-11-10-22-18-23(30)14-16-28(22,5)27(24)15-17-29(25,26)6/h10,19-21,23-27,30H,7-9,11-18H2,1-6H3/t20-,21+,23+,24+,25-,26-,27+,28+,29-/m1/s1. The Balaban J connectivity index is 1.47. The zero-order valence-electron chi connectivity index (χ0n) is 20.9. The summed E-state index contributed by atoms with van der Waals surface area (Å²) >= 11 is 0. The summed E-state index contributed by atoms with van der Waals surface area (Å²) in [6.45, 7) is 15.1. The SMILES string of the molecule is CC[C@@H](CC[C@@H](C)[C@H]1CC[C@@H]2[C@@H]3CC=C4C[C@@H](O)CC[C@]4(C)[C@H]3CC[C@@]21C)C(C)C. The minimum absolute atomic E-state index is 0.0794. The number of fused-ring (bicyclic) bond motifs is 5. The van der Waals surface area contributed by atoms with Crippen molar-refractivity contribution in [2.24, 2.45) is 52.3 Å². The van der Waals surface area contributed by atoms with Crippen molar-refractivity contribution in [3.8, 4) is 0 Å². The van der Waals surface area contributed by atoms with E-state index < -0.39 is 0 Å². The van der Waals surface area contributed by atoms with Gasteiger partial charge < -0.3 is 5.11 Å². The largest absolute Gasteiger partial charge is 0.393 e. The first-order chi connectivity index (χ1) is 14.2. The lowest BCUT2D eigenvalue weighted by atomic mass is 9.47. The van der Waals surface area contributed by atoms with E-state index in [1.165, 1.54) is 57.8 Å². The van der Waals surface area contributed by atoms with E-state index >= 15 is 0 Å². The molecule has 9 atom stereocenters. The van der Waals surface area contributed by atoms with Gasteiger partial charge in [0.25, 0.3) is 0 Å². The second-order valence-corrected chi connectivity index (χ2v) is 12.9. The molecule has 0 aromatic rings. The molecule has 0 aromatic carbocycles. The molecule has 3 fully saturated rings. The second-order valence-electron chi connectivity index (χ2n) is 12.9. The summed E-state index contributed by atoms with van der Waals surface area (Å²) in [5, 5.41) is 10.2. The first kappa shape index (κ1) is 22.9. The van der Waals surface area contributed by atoms with Crippen LogP contribution in [0.3, 0.4) is 0 Å². The highest BCUT2D eigenvalue weighted by atomic mass is 16.3. The lowest BCUT2D eigenvalue weighted by Crippen LogP contribution is -2.50. The molecule has 4 aliphatic rings. The zero-order valence-corrected chi connectivity index (χ0v) is 20.9. The monoisotopic (exact) mass is 414 g/mol. The smallest absolute Gasteiger partial charge is 0.0577 e. The van der Waals surface area contributed by atoms with E-state index in [1.54, 1.807) is 5.57 Å². The van der Waals surface area contributed by atoms with E-state index in [4.69, 9.17) is 0 Å². The molecule has 1 heteroatoms. The van der Waals surface area contributed by atoms with Crippen LogP contribution in [0.1, 0.15) is 112 Å². The Labute approximate surface area is 187 Å². The van der Waals surface area contributed by atoms with Gasteiger partial charge in [0, 0.05) is 0 Å². The van der Waals surface area contributed by atoms with Gasteiger partial charge in [0.1, 0.15) is 0 Å². The molecule has 172 valence electrons. The van der Waals surface area contributed by atoms with Crippen LogP contribution in [0.5, 0.6) is 0 Å². The average molecular weight is 415 g/mol. The Morgan fingerprint density at radius 1 is 1.00 bits per heavy atom. The number of rotatable bonds is 6. The third-order valence-corrected chi connectivity index (χ3v) is 11.3. The van der Waals surface area contributed by atoms with Crippen LogP contribution in [0.4, 0.5) is 0 Å². The molecule has 0 heterocycles. The van der Waals surface area contributed by atoms with Gasteiger partial charge in [-0.3, -0.25) is 0 Å². The van der Waals surface area contributed by atoms with E-state index in [1.807, 2.05) is 0 Å². The van der Waals surface area contributed by atoms with Gasteiger partial charge in [0.05, 0.1) is 6.10 Å². The maximum atomic E-state index is 10.2. The van der Waals surface area contributed by atoms with Gasteiger partial charge in [-0.1, -0.05) is 66.0 Å². The van der Waals surface area contributed by atoms with Crippen LogP contribution in [0, 0.1) is 52.3 Å². The number of aliphatic hydroxyl groups excluding tert-OH is 1. The van der Waals surface area contributed by atoms with E-state index in [-0.39, 0.29) is 6.10 Å². The fourth-order valence-electron chi connectivity index (χ4n) is 9.30. The van der Waals surface area contributed by atoms with Crippen LogP contribution in [0.25, 0.3) is 0 Å². The summed E-state index contributed by atoms with van der Waals surface area (Å²) in [5.41, 5.74) is 2.59. The number of hydrogen-bond acceptors (Lipinski definition) is 1. The van der Waals surface area contributed by atoms with Crippen molar-refractivity contribution < 1.29 is 5.11 Å². The quantitative estimate of drug-likeness (QED) is 0.436. The first-order valence-electron chi connectivity index (χ1n) is 13.6. The van der Waals surface area contributed by atoms with Crippen molar-refractivity contribution in [1.29, 1.82) is 0 Å². The minimum atomic E-state index is -0.0794. The molecule has 30 heavy (non-hydrogen) atoms. The van der Waals surface area contributed by atoms with Crippen LogP contribution in [0.15, 0.2) is 11.6 Å². The molecule has 0 aliphatic heterocycles. The molecule has 0 unspecified atom stereocenters. The molecule has 4 aliphatic carbocycles. The Bertz CT molecular complexity index is 634. The molecule has 4 rings (SSSR count). The highest BCUT2D eigenvalue weighted by molar-refractivity contribution is 5.25. The van der Waals surface area contributed by atoms with Crippen molar-refractivity contribution in [3.05, 3.63) is 11.6 Å². The van der Waals surface area contributed by atoms with Crippen molar-refractivity contribution in [3.63, 3.8) is 0 Å². The lowest BCUT2D eigenvalue weighted by molar-refractivity contribution is -0.0575. The first-order valence-corrected chi connectivity index (χ1v) is 13.6. The van der Waals surface area contributed by atoms with Crippen molar-refractivity contribution in [1.82, 2.24) is 0 Å². The third kappa shape index (κ3) is 3.74. The maximum Gasteiger partial charge on any atom is 0.0577 e. The van der Waals surface area contributed by atoms with Crippen LogP contribution in [0.2, 0.25) is 0 Å². The highest BCUT2D eigenvalue weighted by Gasteiger charge is 2.59. The summed E-state index contributed by atoms with van der Waals surface area (Å²) in [4.78, 5) is 0. The topological polar surface area (TPSA) is 20.2 Å². The average Bonchev–Trinajstić information content (AvgIpc) is 3.06. The summed E-state index contributed by atoms with van der Waals surface area (Å²) < 4.78 is 0. The van der Waals surface area contributed by atoms with Crippen molar-refractivity contribution >= 4 is 0 Å². The Hall–Kier alpha value is -0.300. The van der Waals surface area contributed by atoms with Crippen LogP contribution in [-0.4, -0.2) is 11.2 Å². The van der Waals surface area contributed by atoms with Crippen molar-refractivity contribution in [2.45, 2.75) is 118 Å². The fourth-order valence-corrected chi connectivity index (χ4v) is 9.30. The normalized spacial score (nSPS) is 45.3. The number of aliphatic hydroxyl groups is 1. The molecule has 0 radical (unpaired) electrons. The minimum Gasteiger partial charge on any atom is -0.393 e. The summed E-state index contributed by atoms with van der Waals surface area (Å²) in [7, 11) is 0. The predicted octanol–water partition coefficient (Wildman–Crippen LogP) is 8.02. The van der Waals surface area contributed by atoms with Gasteiger partial charge in [0.2, 0.25) is 0 Å². The molecule has 1 nitrogen and oxygen atoms in total. The maximum absolute atomic E-state index is 10.2. The van der Waals surface area contributed by atoms with Crippen LogP contribution < -0.4 is 0 Å². The molecule has 0 bridgehead atoms.